The molecular formula is C35H57N3O6. The molecule has 0 amide bonds. The Morgan fingerprint density at radius 2 is 1.93 bits per heavy atom. The van der Waals surface area contributed by atoms with E-state index in [1.54, 1.807) is 13.8 Å². The number of nitrogens with one attached hydrogen (secondary N) is 1. The third-order valence-electron chi connectivity index (χ3n) is 14.7. The summed E-state index contributed by atoms with van der Waals surface area (Å²) in [5, 5.41) is 26.6. The molecule has 0 radical (unpaired) electrons. The highest BCUT2D eigenvalue weighted by molar-refractivity contribution is 5.79. The molecule has 7 rings (SSSR count). The highest BCUT2D eigenvalue weighted by Crippen LogP contribution is 2.83. The van der Waals surface area contributed by atoms with Gasteiger partial charge in [0.1, 0.15) is 6.10 Å². The van der Waals surface area contributed by atoms with Crippen LogP contribution in [0.1, 0.15) is 106 Å². The molecule has 248 valence electrons. The van der Waals surface area contributed by atoms with E-state index < -0.39 is 41.5 Å². The van der Waals surface area contributed by atoms with Gasteiger partial charge in [-0.1, -0.05) is 27.7 Å². The summed E-state index contributed by atoms with van der Waals surface area (Å²) in [6, 6.07) is 0. The fourth-order valence-corrected chi connectivity index (χ4v) is 12.8. The number of aliphatic imine (C=N–C) groups is 1. The second kappa shape index (κ2) is 9.88. The lowest BCUT2D eigenvalue weighted by Gasteiger charge is -2.52. The summed E-state index contributed by atoms with van der Waals surface area (Å²) < 4.78 is 19.0. The van der Waals surface area contributed by atoms with Gasteiger partial charge in [0.15, 0.2) is 12.0 Å². The van der Waals surface area contributed by atoms with E-state index in [1.807, 2.05) is 0 Å². The number of rotatable bonds is 4. The molecule has 0 aromatic carbocycles. The predicted octanol–water partition coefficient (Wildman–Crippen LogP) is 3.93. The fourth-order valence-electron chi connectivity index (χ4n) is 12.8. The minimum absolute atomic E-state index is 0.0280. The van der Waals surface area contributed by atoms with E-state index in [0.717, 1.165) is 51.0 Å². The molecule has 9 heteroatoms. The number of ether oxygens (including phenoxy) is 3. The highest BCUT2D eigenvalue weighted by Gasteiger charge is 2.80. The monoisotopic (exact) mass is 615 g/mol. The molecule has 2 aliphatic heterocycles. The average molecular weight is 616 g/mol. The van der Waals surface area contributed by atoms with Crippen LogP contribution >= 0.6 is 0 Å². The van der Waals surface area contributed by atoms with Gasteiger partial charge >= 0.3 is 5.97 Å². The average Bonchev–Trinajstić information content (AvgIpc) is 3.22. The lowest BCUT2D eigenvalue weighted by atomic mass is 9.55. The summed E-state index contributed by atoms with van der Waals surface area (Å²) in [4.78, 5) is 16.6. The molecule has 44 heavy (non-hydrogen) atoms. The van der Waals surface area contributed by atoms with Gasteiger partial charge < -0.3 is 30.2 Å². The SMILES string of the molecule is CC(=O)O[C@@H](C1C[C@@H](C)[C@H]2C(O1)[C@H](O)[C@@]1(N)C3CC[C@H]4C(C)(C)[C@@H](OC5=NCNC5)CCC45CC5(CCC21C)C3)C(C)(C)O. The van der Waals surface area contributed by atoms with Gasteiger partial charge in [-0.15, -0.1) is 0 Å². The second-order valence-corrected chi connectivity index (χ2v) is 17.6. The zero-order chi connectivity index (χ0) is 31.7. The molecule has 6 fully saturated rings. The van der Waals surface area contributed by atoms with Crippen molar-refractivity contribution < 1.29 is 29.2 Å². The summed E-state index contributed by atoms with van der Waals surface area (Å²) in [6.07, 6.45) is 7.11. The smallest absolute Gasteiger partial charge is 0.303 e. The lowest BCUT2D eigenvalue weighted by Crippen LogP contribution is -2.63. The third-order valence-corrected chi connectivity index (χ3v) is 14.7. The summed E-state index contributed by atoms with van der Waals surface area (Å²) in [6.45, 7) is 15.5. The first-order valence-electron chi connectivity index (χ1n) is 17.4. The van der Waals surface area contributed by atoms with Gasteiger partial charge in [0.25, 0.3) is 0 Å². The van der Waals surface area contributed by atoms with Crippen LogP contribution in [0.15, 0.2) is 4.99 Å². The van der Waals surface area contributed by atoms with Gasteiger partial charge in [-0.2, -0.15) is 0 Å². The number of carbonyl (C=O) groups is 1. The van der Waals surface area contributed by atoms with E-state index in [9.17, 15) is 15.0 Å². The van der Waals surface area contributed by atoms with E-state index in [-0.39, 0.29) is 40.1 Å². The van der Waals surface area contributed by atoms with Gasteiger partial charge in [0, 0.05) is 12.3 Å². The Kier molecular flexibility index (Phi) is 7.04. The van der Waals surface area contributed by atoms with Crippen LogP contribution in [-0.4, -0.2) is 77.0 Å². The van der Waals surface area contributed by atoms with Crippen LogP contribution in [0.4, 0.5) is 0 Å². The molecule has 9 nitrogen and oxygen atoms in total. The van der Waals surface area contributed by atoms with Crippen molar-refractivity contribution in [1.82, 2.24) is 5.32 Å². The van der Waals surface area contributed by atoms with Crippen molar-refractivity contribution in [3.05, 3.63) is 0 Å². The lowest BCUT2D eigenvalue weighted by molar-refractivity contribution is -0.216. The van der Waals surface area contributed by atoms with Crippen LogP contribution < -0.4 is 11.1 Å². The molecule has 0 aromatic heterocycles. The zero-order valence-electron chi connectivity index (χ0n) is 28.0. The molecule has 6 unspecified atom stereocenters. The highest BCUT2D eigenvalue weighted by atomic mass is 16.6. The van der Waals surface area contributed by atoms with Crippen molar-refractivity contribution in [2.45, 2.75) is 148 Å². The molecule has 2 spiro atoms. The Labute approximate surface area is 263 Å². The van der Waals surface area contributed by atoms with Crippen LogP contribution in [0.25, 0.3) is 0 Å². The summed E-state index contributed by atoms with van der Waals surface area (Å²) in [7, 11) is 0. The van der Waals surface area contributed by atoms with Gasteiger partial charge in [0.2, 0.25) is 0 Å². The summed E-state index contributed by atoms with van der Waals surface area (Å²) >= 11 is 0. The van der Waals surface area contributed by atoms with Crippen LogP contribution in [0.5, 0.6) is 0 Å². The molecule has 5 saturated carbocycles. The van der Waals surface area contributed by atoms with E-state index >= 15 is 0 Å². The number of hydrogen-bond donors (Lipinski definition) is 4. The summed E-state index contributed by atoms with van der Waals surface area (Å²) in [5.74, 6) is 1.46. The van der Waals surface area contributed by atoms with E-state index in [1.165, 1.54) is 19.8 Å². The Hall–Kier alpha value is -1.26. The Morgan fingerprint density at radius 3 is 2.59 bits per heavy atom. The number of nitrogens with two attached hydrogens (primary N) is 1. The quantitative estimate of drug-likeness (QED) is 0.350. The van der Waals surface area contributed by atoms with Crippen molar-refractivity contribution in [3.8, 4) is 0 Å². The molecular weight excluding hydrogens is 558 g/mol. The first-order valence-corrected chi connectivity index (χ1v) is 17.4. The maximum atomic E-state index is 12.4. The number of esters is 1. The van der Waals surface area contributed by atoms with Crippen molar-refractivity contribution in [2.75, 3.05) is 13.2 Å². The normalized spacial score (nSPS) is 51.4. The fraction of sp³-hybridized carbons (Fsp3) is 0.943. The molecule has 2 bridgehead atoms. The summed E-state index contributed by atoms with van der Waals surface area (Å²) in [5.41, 5.74) is 6.04. The van der Waals surface area contributed by atoms with Gasteiger partial charge in [-0.25, -0.2) is 4.99 Å². The largest absolute Gasteiger partial charge is 0.476 e. The molecule has 1 saturated heterocycles. The predicted molar refractivity (Wildman–Crippen MR) is 167 cm³/mol. The Morgan fingerprint density at radius 1 is 1.18 bits per heavy atom. The molecule has 13 atom stereocenters. The number of hydrogen-bond acceptors (Lipinski definition) is 9. The van der Waals surface area contributed by atoms with E-state index in [0.29, 0.717) is 24.4 Å². The van der Waals surface area contributed by atoms with Crippen molar-refractivity contribution >= 4 is 11.9 Å². The van der Waals surface area contributed by atoms with Crippen molar-refractivity contribution in [1.29, 1.82) is 0 Å². The number of aliphatic hydroxyl groups excluding tert-OH is 1. The topological polar surface area (TPSA) is 136 Å². The number of carbonyl (C=O) groups excluding carboxylic acids is 1. The minimum atomic E-state index is -1.28. The number of nitrogens with zero attached hydrogens (tertiary/aromatic N) is 1. The van der Waals surface area contributed by atoms with E-state index in [2.05, 4.69) is 38.0 Å². The van der Waals surface area contributed by atoms with Crippen LogP contribution in [0.3, 0.4) is 0 Å². The zero-order valence-corrected chi connectivity index (χ0v) is 28.0. The van der Waals surface area contributed by atoms with Crippen LogP contribution in [0, 0.1) is 45.3 Å². The van der Waals surface area contributed by atoms with Gasteiger partial charge in [0.05, 0.1) is 42.7 Å². The molecule has 0 aromatic rings. The number of aliphatic hydroxyl groups is 2. The Bertz CT molecular complexity index is 1220. The minimum Gasteiger partial charge on any atom is -0.476 e. The van der Waals surface area contributed by atoms with Gasteiger partial charge in [-0.05, 0) is 112 Å². The maximum Gasteiger partial charge on any atom is 0.303 e. The second-order valence-electron chi connectivity index (χ2n) is 17.6. The van der Waals surface area contributed by atoms with Crippen LogP contribution in [-0.2, 0) is 19.0 Å². The van der Waals surface area contributed by atoms with Crippen molar-refractivity contribution in [2.24, 2.45) is 56.1 Å². The van der Waals surface area contributed by atoms with Crippen molar-refractivity contribution in [3.63, 3.8) is 0 Å². The first kappa shape index (κ1) is 31.3. The standard InChI is InChI=1S/C35H57N3O6/c1-19-14-22(29(31(5,6)41)42-20(2)39)43-27-26(19)32(7)12-13-33-15-21(35(32,36)28(27)40)8-9-23-30(3,4)24(10-11-34(23,33)17-33)44-25-16-37-18-38-25/h19,21-24,26-29,37,40-41H,8-18,36H2,1-7H3/t19-,21?,22?,23+,24+,26+,27?,28+,29+,32?,33?,34?,35+/m1/s1. The van der Waals surface area contributed by atoms with Gasteiger partial charge in [-0.3, -0.25) is 10.1 Å². The maximum absolute atomic E-state index is 12.4. The molecule has 5 aliphatic carbocycles. The Balaban J connectivity index is 1.19. The number of fused-ring (bicyclic) bond motifs is 5. The third kappa shape index (κ3) is 4.13. The van der Waals surface area contributed by atoms with Crippen LogP contribution in [0.2, 0.25) is 0 Å². The first-order chi connectivity index (χ1) is 20.5. The van der Waals surface area contributed by atoms with E-state index in [4.69, 9.17) is 19.9 Å². The molecule has 5 N–H and O–H groups in total. The molecule has 2 heterocycles. The molecule has 7 aliphatic rings.